The van der Waals surface area contributed by atoms with Gasteiger partial charge < -0.3 is 15.7 Å². The number of nitrogens with one attached hydrogen (secondary N) is 2. The molecule has 0 saturated carbocycles. The molecule has 19 heavy (non-hydrogen) atoms. The number of benzene rings is 1. The van der Waals surface area contributed by atoms with E-state index in [4.69, 9.17) is 5.11 Å². The number of hydrogen-bond acceptors (Lipinski definition) is 2. The van der Waals surface area contributed by atoms with E-state index in [0.29, 0.717) is 19.4 Å². The summed E-state index contributed by atoms with van der Waals surface area (Å²) in [7, 11) is 0. The molecule has 5 nitrogen and oxygen atoms in total. The highest BCUT2D eigenvalue weighted by atomic mass is 16.4. The summed E-state index contributed by atoms with van der Waals surface area (Å²) in [6.07, 6.45) is 1.07. The van der Waals surface area contributed by atoms with Gasteiger partial charge in [-0.2, -0.15) is 0 Å². The molecule has 1 aromatic carbocycles. The summed E-state index contributed by atoms with van der Waals surface area (Å²) < 4.78 is 0. The second kappa shape index (κ2) is 6.78. The molecule has 1 unspecified atom stereocenters. The lowest BCUT2D eigenvalue weighted by atomic mass is 9.97. The summed E-state index contributed by atoms with van der Waals surface area (Å²) in [5.41, 5.74) is -0.264. The molecule has 0 radical (unpaired) electrons. The van der Waals surface area contributed by atoms with Crippen LogP contribution in [0.25, 0.3) is 0 Å². The van der Waals surface area contributed by atoms with E-state index in [1.165, 1.54) is 6.92 Å². The number of carboxylic acids is 1. The second-order valence-corrected chi connectivity index (χ2v) is 4.68. The van der Waals surface area contributed by atoms with Crippen LogP contribution in [0.5, 0.6) is 0 Å². The van der Waals surface area contributed by atoms with Crippen molar-refractivity contribution in [3.8, 4) is 0 Å². The quantitative estimate of drug-likeness (QED) is 0.736. The minimum absolute atomic E-state index is 0.370. The van der Waals surface area contributed by atoms with Crippen LogP contribution in [0.2, 0.25) is 0 Å². The normalized spacial score (nSPS) is 13.4. The van der Waals surface area contributed by atoms with E-state index >= 15 is 0 Å². The van der Waals surface area contributed by atoms with Gasteiger partial charge in [0.2, 0.25) is 0 Å². The van der Waals surface area contributed by atoms with Crippen molar-refractivity contribution < 1.29 is 14.7 Å². The highest BCUT2D eigenvalue weighted by molar-refractivity contribution is 5.85. The van der Waals surface area contributed by atoms with Crippen LogP contribution in [-0.4, -0.2) is 22.6 Å². The smallest absolute Gasteiger partial charge is 0.329 e. The summed E-state index contributed by atoms with van der Waals surface area (Å²) in [4.78, 5) is 22.9. The number of carbonyl (C=O) groups is 2. The van der Waals surface area contributed by atoms with Gasteiger partial charge in [0.1, 0.15) is 5.54 Å². The SMILES string of the molecule is CCCC(C)(NC(=O)NCc1ccccc1)C(=O)O. The van der Waals surface area contributed by atoms with Crippen molar-refractivity contribution in [2.24, 2.45) is 0 Å². The summed E-state index contributed by atoms with van der Waals surface area (Å²) in [5.74, 6) is -1.02. The monoisotopic (exact) mass is 264 g/mol. The third-order valence-corrected chi connectivity index (χ3v) is 2.91. The molecule has 1 rings (SSSR count). The molecule has 2 amide bonds. The first-order chi connectivity index (χ1) is 8.98. The van der Waals surface area contributed by atoms with Gasteiger partial charge in [-0.25, -0.2) is 9.59 Å². The topological polar surface area (TPSA) is 78.4 Å². The molecule has 0 aromatic heterocycles. The Bertz CT molecular complexity index is 434. The van der Waals surface area contributed by atoms with E-state index in [1.807, 2.05) is 37.3 Å². The Labute approximate surface area is 113 Å². The Hall–Kier alpha value is -2.04. The molecule has 1 atom stereocenters. The van der Waals surface area contributed by atoms with Crippen LogP contribution < -0.4 is 10.6 Å². The van der Waals surface area contributed by atoms with Crippen molar-refractivity contribution in [2.75, 3.05) is 0 Å². The summed E-state index contributed by atoms with van der Waals surface area (Å²) in [5, 5.41) is 14.3. The fourth-order valence-corrected chi connectivity index (χ4v) is 1.80. The number of urea groups is 1. The zero-order valence-electron chi connectivity index (χ0n) is 11.3. The van der Waals surface area contributed by atoms with Crippen molar-refractivity contribution in [1.82, 2.24) is 10.6 Å². The first kappa shape index (κ1) is 15.0. The van der Waals surface area contributed by atoms with Gasteiger partial charge in [0.25, 0.3) is 0 Å². The minimum Gasteiger partial charge on any atom is -0.480 e. The minimum atomic E-state index is -1.23. The van der Waals surface area contributed by atoms with Crippen LogP contribution in [0, 0.1) is 0 Å². The predicted octanol–water partition coefficient (Wildman–Crippen LogP) is 2.13. The molecule has 0 aliphatic rings. The summed E-state index contributed by atoms with van der Waals surface area (Å²) >= 11 is 0. The van der Waals surface area contributed by atoms with E-state index in [0.717, 1.165) is 5.56 Å². The Morgan fingerprint density at radius 3 is 2.42 bits per heavy atom. The van der Waals surface area contributed by atoms with E-state index in [2.05, 4.69) is 10.6 Å². The molecule has 1 aromatic rings. The van der Waals surface area contributed by atoms with E-state index in [9.17, 15) is 9.59 Å². The molecule has 3 N–H and O–H groups in total. The maximum Gasteiger partial charge on any atom is 0.329 e. The number of amides is 2. The molecule has 104 valence electrons. The largest absolute Gasteiger partial charge is 0.480 e. The van der Waals surface area contributed by atoms with Crippen LogP contribution in [0.4, 0.5) is 4.79 Å². The Kier molecular flexibility index (Phi) is 5.36. The molecular formula is C14H20N2O3. The lowest BCUT2D eigenvalue weighted by Gasteiger charge is -2.25. The molecule has 0 spiro atoms. The van der Waals surface area contributed by atoms with Crippen LogP contribution in [0.15, 0.2) is 30.3 Å². The molecule has 0 aliphatic heterocycles. The van der Waals surface area contributed by atoms with Crippen molar-refractivity contribution in [1.29, 1.82) is 0 Å². The maximum atomic E-state index is 11.7. The predicted molar refractivity (Wildman–Crippen MR) is 72.8 cm³/mol. The molecule has 5 heteroatoms. The third kappa shape index (κ3) is 4.62. The van der Waals surface area contributed by atoms with Crippen LogP contribution >= 0.6 is 0 Å². The van der Waals surface area contributed by atoms with Gasteiger partial charge in [-0.3, -0.25) is 0 Å². The number of aliphatic carboxylic acids is 1. The number of rotatable bonds is 6. The van der Waals surface area contributed by atoms with E-state index in [-0.39, 0.29) is 0 Å². The fourth-order valence-electron chi connectivity index (χ4n) is 1.80. The van der Waals surface area contributed by atoms with Gasteiger partial charge >= 0.3 is 12.0 Å². The van der Waals surface area contributed by atoms with Crippen molar-refractivity contribution in [3.05, 3.63) is 35.9 Å². The van der Waals surface area contributed by atoms with Gasteiger partial charge in [0.15, 0.2) is 0 Å². The first-order valence-electron chi connectivity index (χ1n) is 6.31. The third-order valence-electron chi connectivity index (χ3n) is 2.91. The van der Waals surface area contributed by atoms with Crippen LogP contribution in [-0.2, 0) is 11.3 Å². The molecule has 0 heterocycles. The Morgan fingerprint density at radius 2 is 1.89 bits per heavy atom. The number of hydrogen-bond donors (Lipinski definition) is 3. The van der Waals surface area contributed by atoms with Crippen LogP contribution in [0.3, 0.4) is 0 Å². The number of carboxylic acid groups (broad SMARTS) is 1. The lowest BCUT2D eigenvalue weighted by Crippen LogP contribution is -2.55. The standard InChI is InChI=1S/C14H20N2O3/c1-3-9-14(2,12(17)18)16-13(19)15-10-11-7-5-4-6-8-11/h4-8H,3,9-10H2,1-2H3,(H,17,18)(H2,15,16,19). The van der Waals surface area contributed by atoms with Crippen molar-refractivity contribution in [3.63, 3.8) is 0 Å². The molecule has 0 aliphatic carbocycles. The van der Waals surface area contributed by atoms with Gasteiger partial charge in [0, 0.05) is 6.54 Å². The molecule has 0 saturated heterocycles. The number of carbonyl (C=O) groups excluding carboxylic acids is 1. The highest BCUT2D eigenvalue weighted by Crippen LogP contribution is 2.12. The van der Waals surface area contributed by atoms with E-state index < -0.39 is 17.5 Å². The molecule has 0 fully saturated rings. The lowest BCUT2D eigenvalue weighted by molar-refractivity contribution is -0.144. The van der Waals surface area contributed by atoms with Crippen LogP contribution in [0.1, 0.15) is 32.3 Å². The summed E-state index contributed by atoms with van der Waals surface area (Å²) in [6, 6.07) is 8.97. The van der Waals surface area contributed by atoms with Gasteiger partial charge in [-0.1, -0.05) is 43.7 Å². The maximum absolute atomic E-state index is 11.7. The first-order valence-corrected chi connectivity index (χ1v) is 6.31. The van der Waals surface area contributed by atoms with Gasteiger partial charge in [-0.05, 0) is 18.9 Å². The highest BCUT2D eigenvalue weighted by Gasteiger charge is 2.33. The van der Waals surface area contributed by atoms with E-state index in [1.54, 1.807) is 0 Å². The van der Waals surface area contributed by atoms with Crippen molar-refractivity contribution in [2.45, 2.75) is 38.8 Å². The second-order valence-electron chi connectivity index (χ2n) is 4.68. The Morgan fingerprint density at radius 1 is 1.26 bits per heavy atom. The van der Waals surface area contributed by atoms with Gasteiger partial charge in [-0.15, -0.1) is 0 Å². The zero-order valence-corrected chi connectivity index (χ0v) is 11.3. The average molecular weight is 264 g/mol. The average Bonchev–Trinajstić information content (AvgIpc) is 2.37. The summed E-state index contributed by atoms with van der Waals surface area (Å²) in [6.45, 7) is 3.76. The van der Waals surface area contributed by atoms with Crippen molar-refractivity contribution >= 4 is 12.0 Å². The zero-order chi connectivity index (χ0) is 14.3. The fraction of sp³-hybridized carbons (Fsp3) is 0.429. The van der Waals surface area contributed by atoms with Gasteiger partial charge in [0.05, 0.1) is 0 Å². The molecular weight excluding hydrogens is 244 g/mol. The molecule has 0 bridgehead atoms. The Balaban J connectivity index is 2.52.